The second-order valence-corrected chi connectivity index (χ2v) is 13.2. The van der Waals surface area contributed by atoms with Crippen LogP contribution in [-0.4, -0.2) is 50.5 Å². The van der Waals surface area contributed by atoms with Gasteiger partial charge in [0.25, 0.3) is 0 Å². The van der Waals surface area contributed by atoms with Crippen LogP contribution in [0.15, 0.2) is 66.7 Å². The number of amides is 2. The van der Waals surface area contributed by atoms with E-state index in [0.717, 1.165) is 29.4 Å². The Hall–Kier alpha value is -3.07. The number of rotatable bonds is 14. The molecule has 0 heterocycles. The third-order valence-electron chi connectivity index (χ3n) is 7.00. The van der Waals surface area contributed by atoms with E-state index in [1.165, 1.54) is 9.21 Å². The molecule has 7 nitrogen and oxygen atoms in total. The molecule has 0 saturated carbocycles. The van der Waals surface area contributed by atoms with Crippen molar-refractivity contribution < 1.29 is 18.0 Å². The maximum Gasteiger partial charge on any atom is 0.243 e. The summed E-state index contributed by atoms with van der Waals surface area (Å²) in [5.41, 5.74) is 3.79. The third kappa shape index (κ3) is 9.21. The van der Waals surface area contributed by atoms with E-state index in [-0.39, 0.29) is 37.7 Å². The first-order valence-electron chi connectivity index (χ1n) is 14.0. The Balaban J connectivity index is 1.93. The number of hydrogen-bond donors (Lipinski definition) is 1. The van der Waals surface area contributed by atoms with Crippen molar-refractivity contribution in [3.05, 3.63) is 99.0 Å². The summed E-state index contributed by atoms with van der Waals surface area (Å²) in [5.74, 6) is -0.571. The van der Waals surface area contributed by atoms with E-state index in [2.05, 4.69) is 5.32 Å². The smallest absolute Gasteiger partial charge is 0.243 e. The van der Waals surface area contributed by atoms with Crippen molar-refractivity contribution in [3.63, 3.8) is 0 Å². The standard InChI is InChI=1S/C32H39Cl2N3O4S/c1-5-18-35-32(39)30(21-25-11-7-6-8-12-25)36(22-26-27(33)13-9-14-28(26)34)31(38)15-10-19-37(42(4,40)41)29-20-23(2)16-17-24(29)3/h6-9,11-14,16-17,20,30H,5,10,15,18-19,21-22H2,1-4H3,(H,35,39)/t30-/m1/s1. The first kappa shape index (κ1) is 33.4. The van der Waals surface area contributed by atoms with Crippen LogP contribution >= 0.6 is 23.2 Å². The molecule has 0 aliphatic heterocycles. The number of carbonyl (C=O) groups excluding carboxylic acids is 2. The molecule has 3 rings (SSSR count). The maximum absolute atomic E-state index is 14.0. The van der Waals surface area contributed by atoms with Gasteiger partial charge >= 0.3 is 0 Å². The van der Waals surface area contributed by atoms with E-state index in [9.17, 15) is 18.0 Å². The molecule has 1 atom stereocenters. The monoisotopic (exact) mass is 631 g/mol. The van der Waals surface area contributed by atoms with E-state index in [0.29, 0.717) is 34.3 Å². The minimum Gasteiger partial charge on any atom is -0.354 e. The second-order valence-electron chi connectivity index (χ2n) is 10.4. The van der Waals surface area contributed by atoms with Gasteiger partial charge in [0.1, 0.15) is 6.04 Å². The molecular weight excluding hydrogens is 593 g/mol. The van der Waals surface area contributed by atoms with Gasteiger partial charge in [0.15, 0.2) is 0 Å². The largest absolute Gasteiger partial charge is 0.354 e. The SMILES string of the molecule is CCCNC(=O)[C@@H](Cc1ccccc1)N(Cc1c(Cl)cccc1Cl)C(=O)CCCN(c1cc(C)ccc1C)S(C)(=O)=O. The van der Waals surface area contributed by atoms with Crippen LogP contribution in [0.5, 0.6) is 0 Å². The number of aryl methyl sites for hydroxylation is 2. The molecule has 2 amide bonds. The molecule has 226 valence electrons. The maximum atomic E-state index is 14.0. The Morgan fingerprint density at radius 2 is 1.62 bits per heavy atom. The number of anilines is 1. The van der Waals surface area contributed by atoms with Crippen molar-refractivity contribution in [2.24, 2.45) is 0 Å². The van der Waals surface area contributed by atoms with Crippen LogP contribution in [0.25, 0.3) is 0 Å². The van der Waals surface area contributed by atoms with Crippen molar-refractivity contribution in [2.75, 3.05) is 23.7 Å². The minimum absolute atomic E-state index is 0.0191. The summed E-state index contributed by atoms with van der Waals surface area (Å²) in [6.45, 7) is 6.33. The summed E-state index contributed by atoms with van der Waals surface area (Å²) in [4.78, 5) is 29.0. The van der Waals surface area contributed by atoms with E-state index in [1.807, 2.05) is 69.3 Å². The quantitative estimate of drug-likeness (QED) is 0.225. The Kier molecular flexibility index (Phi) is 12.3. The van der Waals surface area contributed by atoms with Crippen LogP contribution in [0, 0.1) is 13.8 Å². The van der Waals surface area contributed by atoms with Crippen LogP contribution in [0.4, 0.5) is 5.69 Å². The average molecular weight is 633 g/mol. The molecule has 0 saturated heterocycles. The number of nitrogens with zero attached hydrogens (tertiary/aromatic N) is 2. The number of halogens is 2. The van der Waals surface area contributed by atoms with E-state index in [1.54, 1.807) is 18.2 Å². The Bertz CT molecular complexity index is 1460. The first-order chi connectivity index (χ1) is 19.9. The van der Waals surface area contributed by atoms with Crippen molar-refractivity contribution >= 4 is 50.7 Å². The molecule has 0 aromatic heterocycles. The van der Waals surface area contributed by atoms with E-state index in [4.69, 9.17) is 23.2 Å². The van der Waals surface area contributed by atoms with Gasteiger partial charge in [-0.3, -0.25) is 13.9 Å². The molecule has 42 heavy (non-hydrogen) atoms. The number of sulfonamides is 1. The van der Waals surface area contributed by atoms with Gasteiger partial charge in [0.05, 0.1) is 11.9 Å². The van der Waals surface area contributed by atoms with Crippen LogP contribution in [0.3, 0.4) is 0 Å². The number of benzene rings is 3. The summed E-state index contributed by atoms with van der Waals surface area (Å²) in [6.07, 6.45) is 2.47. The van der Waals surface area contributed by atoms with Gasteiger partial charge in [-0.1, -0.05) is 78.7 Å². The predicted octanol–water partition coefficient (Wildman–Crippen LogP) is 6.32. The summed E-state index contributed by atoms with van der Waals surface area (Å²) in [7, 11) is -3.61. The normalized spacial score (nSPS) is 12.0. The lowest BCUT2D eigenvalue weighted by Gasteiger charge is -2.32. The fourth-order valence-corrected chi connectivity index (χ4v) is 6.28. The molecule has 0 unspecified atom stereocenters. The van der Waals surface area contributed by atoms with E-state index >= 15 is 0 Å². The van der Waals surface area contributed by atoms with Crippen LogP contribution in [-0.2, 0) is 32.6 Å². The average Bonchev–Trinajstić information content (AvgIpc) is 2.94. The molecule has 0 aliphatic carbocycles. The summed E-state index contributed by atoms with van der Waals surface area (Å²) in [5, 5.41) is 3.73. The minimum atomic E-state index is -3.61. The van der Waals surface area contributed by atoms with Gasteiger partial charge in [-0.15, -0.1) is 0 Å². The van der Waals surface area contributed by atoms with Crippen molar-refractivity contribution in [1.29, 1.82) is 0 Å². The predicted molar refractivity (Wildman–Crippen MR) is 172 cm³/mol. The molecule has 3 aromatic rings. The highest BCUT2D eigenvalue weighted by molar-refractivity contribution is 7.92. The molecular formula is C32H39Cl2N3O4S. The molecule has 0 aliphatic rings. The fourth-order valence-electron chi connectivity index (χ4n) is 4.74. The van der Waals surface area contributed by atoms with Crippen LogP contribution in [0.1, 0.15) is 48.4 Å². The zero-order valence-electron chi connectivity index (χ0n) is 24.6. The van der Waals surface area contributed by atoms with Crippen molar-refractivity contribution in [2.45, 2.75) is 59.0 Å². The number of carbonyl (C=O) groups is 2. The number of nitrogens with one attached hydrogen (secondary N) is 1. The zero-order chi connectivity index (χ0) is 30.9. The van der Waals surface area contributed by atoms with Gasteiger partial charge in [0, 0.05) is 48.1 Å². The van der Waals surface area contributed by atoms with Crippen LogP contribution < -0.4 is 9.62 Å². The lowest BCUT2D eigenvalue weighted by molar-refractivity contribution is -0.141. The van der Waals surface area contributed by atoms with Crippen LogP contribution in [0.2, 0.25) is 10.0 Å². The third-order valence-corrected chi connectivity index (χ3v) is 8.88. The highest BCUT2D eigenvalue weighted by Crippen LogP contribution is 2.28. The van der Waals surface area contributed by atoms with Gasteiger partial charge < -0.3 is 10.2 Å². The Morgan fingerprint density at radius 1 is 0.952 bits per heavy atom. The van der Waals surface area contributed by atoms with Gasteiger partial charge in [-0.25, -0.2) is 8.42 Å². The molecule has 0 bridgehead atoms. The van der Waals surface area contributed by atoms with E-state index < -0.39 is 16.1 Å². The van der Waals surface area contributed by atoms with Crippen molar-refractivity contribution in [1.82, 2.24) is 10.2 Å². The van der Waals surface area contributed by atoms with Gasteiger partial charge in [-0.05, 0) is 61.6 Å². The topological polar surface area (TPSA) is 86.8 Å². The fraction of sp³-hybridized carbons (Fsp3) is 0.375. The summed E-state index contributed by atoms with van der Waals surface area (Å²) < 4.78 is 26.9. The summed E-state index contributed by atoms with van der Waals surface area (Å²) >= 11 is 13.0. The molecule has 10 heteroatoms. The highest BCUT2D eigenvalue weighted by atomic mass is 35.5. The first-order valence-corrected chi connectivity index (χ1v) is 16.6. The van der Waals surface area contributed by atoms with Gasteiger partial charge in [0.2, 0.25) is 21.8 Å². The lowest BCUT2D eigenvalue weighted by atomic mass is 10.0. The van der Waals surface area contributed by atoms with Gasteiger partial charge in [-0.2, -0.15) is 0 Å². The Morgan fingerprint density at radius 3 is 2.24 bits per heavy atom. The van der Waals surface area contributed by atoms with Crippen molar-refractivity contribution in [3.8, 4) is 0 Å². The molecule has 1 N–H and O–H groups in total. The highest BCUT2D eigenvalue weighted by Gasteiger charge is 2.31. The molecule has 0 fully saturated rings. The molecule has 0 spiro atoms. The lowest BCUT2D eigenvalue weighted by Crippen LogP contribution is -2.50. The molecule has 3 aromatic carbocycles. The second kappa shape index (κ2) is 15.4. The molecule has 0 radical (unpaired) electrons. The zero-order valence-corrected chi connectivity index (χ0v) is 26.9. The summed E-state index contributed by atoms with van der Waals surface area (Å²) in [6, 6.07) is 19.4. The number of hydrogen-bond acceptors (Lipinski definition) is 4. The Labute approximate surface area is 259 Å².